The lowest BCUT2D eigenvalue weighted by molar-refractivity contribution is -0.121. The molecule has 1 heterocycles. The monoisotopic (exact) mass is 401 g/mol. The zero-order valence-electron chi connectivity index (χ0n) is 11.8. The summed E-state index contributed by atoms with van der Waals surface area (Å²) in [6.45, 7) is 0. The Morgan fingerprint density at radius 1 is 1.27 bits per heavy atom. The van der Waals surface area contributed by atoms with Gasteiger partial charge in [0.05, 0.1) is 11.2 Å². The first kappa shape index (κ1) is 17.4. The van der Waals surface area contributed by atoms with Crippen molar-refractivity contribution < 1.29 is 4.79 Å². The number of nitrogens with two attached hydrogens (primary N) is 1. The average Bonchev–Trinajstić information content (AvgIpc) is 3.10. The Hall–Kier alpha value is -0.950. The average molecular weight is 403 g/mol. The fourth-order valence-electron chi connectivity index (χ4n) is 2.54. The molecule has 0 unspecified atom stereocenters. The molecule has 7 heteroatoms. The maximum atomic E-state index is 12.3. The molecule has 0 atom stereocenters. The van der Waals surface area contributed by atoms with Crippen LogP contribution in [0.3, 0.4) is 0 Å². The maximum absolute atomic E-state index is 12.3. The largest absolute Gasteiger partial charge is 0.317 e. The van der Waals surface area contributed by atoms with Gasteiger partial charge >= 0.3 is 0 Å². The highest BCUT2D eigenvalue weighted by molar-refractivity contribution is 9.10. The summed E-state index contributed by atoms with van der Waals surface area (Å²) in [6, 6.07) is 7.93. The minimum Gasteiger partial charge on any atom is -0.317 e. The molecule has 118 valence electrons. The molecule has 0 bridgehead atoms. The van der Waals surface area contributed by atoms with Crippen molar-refractivity contribution in [3.63, 3.8) is 0 Å². The van der Waals surface area contributed by atoms with Crippen LogP contribution in [0, 0.1) is 0 Å². The summed E-state index contributed by atoms with van der Waals surface area (Å²) in [7, 11) is 0. The molecule has 1 aromatic carbocycles. The Morgan fingerprint density at radius 3 is 2.55 bits per heavy atom. The van der Waals surface area contributed by atoms with E-state index in [1.807, 2.05) is 29.6 Å². The number of hydrogen-bond acceptors (Lipinski definition) is 4. The fraction of sp³-hybridized carbons (Fsp3) is 0.333. The molecule has 4 nitrogen and oxygen atoms in total. The van der Waals surface area contributed by atoms with Gasteiger partial charge in [-0.1, -0.05) is 40.9 Å². The molecule has 2 aromatic rings. The van der Waals surface area contributed by atoms with E-state index in [0.29, 0.717) is 5.13 Å². The van der Waals surface area contributed by atoms with Gasteiger partial charge in [0.2, 0.25) is 5.91 Å². The number of hydrogen-bond donors (Lipinski definition) is 2. The van der Waals surface area contributed by atoms with Gasteiger partial charge in [0.15, 0.2) is 5.13 Å². The van der Waals surface area contributed by atoms with E-state index in [1.165, 1.54) is 11.3 Å². The summed E-state index contributed by atoms with van der Waals surface area (Å²) in [4.78, 5) is 16.7. The van der Waals surface area contributed by atoms with Crippen LogP contribution in [0.2, 0.25) is 0 Å². The lowest BCUT2D eigenvalue weighted by atomic mass is 9.98. The van der Waals surface area contributed by atoms with Crippen LogP contribution < -0.4 is 11.1 Å². The van der Waals surface area contributed by atoms with Crippen molar-refractivity contribution >= 4 is 50.7 Å². The molecule has 3 N–H and O–H groups in total. The van der Waals surface area contributed by atoms with Gasteiger partial charge in [0.25, 0.3) is 0 Å². The third kappa shape index (κ3) is 3.68. The number of thiazole rings is 1. The van der Waals surface area contributed by atoms with Crippen molar-refractivity contribution in [1.82, 2.24) is 4.98 Å². The SMILES string of the molecule is Cl.NC1(C(=O)Nc2nc(-c3ccc(Br)cc3)cs2)CCCC1. The Bertz CT molecular complexity index is 653. The van der Waals surface area contributed by atoms with Gasteiger partial charge in [-0.2, -0.15) is 0 Å². The molecule has 1 amide bonds. The van der Waals surface area contributed by atoms with Crippen LogP contribution in [0.15, 0.2) is 34.1 Å². The number of anilines is 1. The summed E-state index contributed by atoms with van der Waals surface area (Å²) >= 11 is 4.83. The summed E-state index contributed by atoms with van der Waals surface area (Å²) < 4.78 is 1.03. The molecule has 1 fully saturated rings. The van der Waals surface area contributed by atoms with E-state index in [4.69, 9.17) is 5.73 Å². The first-order valence-corrected chi connectivity index (χ1v) is 8.56. The van der Waals surface area contributed by atoms with Crippen LogP contribution in [0.5, 0.6) is 0 Å². The van der Waals surface area contributed by atoms with E-state index in [9.17, 15) is 4.79 Å². The molecule has 1 aromatic heterocycles. The van der Waals surface area contributed by atoms with E-state index in [-0.39, 0.29) is 18.3 Å². The molecule has 1 aliphatic carbocycles. The molecule has 0 radical (unpaired) electrons. The fourth-order valence-corrected chi connectivity index (χ4v) is 3.52. The van der Waals surface area contributed by atoms with Gasteiger partial charge in [0.1, 0.15) is 0 Å². The number of halogens is 2. The summed E-state index contributed by atoms with van der Waals surface area (Å²) in [6.07, 6.45) is 3.55. The molecule has 3 rings (SSSR count). The first-order chi connectivity index (χ1) is 10.1. The molecule has 1 saturated carbocycles. The standard InChI is InChI=1S/C15H16BrN3OS.ClH/c16-11-5-3-10(4-6-11)12-9-21-14(18-12)19-13(20)15(17)7-1-2-8-15;/h3-6,9H,1-2,7-8,17H2,(H,18,19,20);1H. The Balaban J connectivity index is 0.00000176. The van der Waals surface area contributed by atoms with Crippen molar-refractivity contribution in [2.75, 3.05) is 5.32 Å². The van der Waals surface area contributed by atoms with Gasteiger partial charge in [-0.3, -0.25) is 4.79 Å². The Kier molecular flexibility index (Phi) is 5.60. The number of nitrogens with zero attached hydrogens (tertiary/aromatic N) is 1. The second kappa shape index (κ2) is 7.08. The van der Waals surface area contributed by atoms with Crippen LogP contribution in [-0.4, -0.2) is 16.4 Å². The van der Waals surface area contributed by atoms with E-state index >= 15 is 0 Å². The second-order valence-electron chi connectivity index (χ2n) is 5.36. The zero-order valence-corrected chi connectivity index (χ0v) is 15.1. The summed E-state index contributed by atoms with van der Waals surface area (Å²) in [5.74, 6) is -0.114. The molecule has 22 heavy (non-hydrogen) atoms. The lowest BCUT2D eigenvalue weighted by Crippen LogP contribution is -2.48. The number of amides is 1. The van der Waals surface area contributed by atoms with Crippen LogP contribution in [0.25, 0.3) is 11.3 Å². The molecule has 0 saturated heterocycles. The van der Waals surface area contributed by atoms with Crippen LogP contribution in [-0.2, 0) is 4.79 Å². The van der Waals surface area contributed by atoms with Gasteiger partial charge < -0.3 is 11.1 Å². The van der Waals surface area contributed by atoms with Crippen molar-refractivity contribution in [3.05, 3.63) is 34.1 Å². The molecule has 0 aliphatic heterocycles. The highest BCUT2D eigenvalue weighted by atomic mass is 79.9. The normalized spacial score (nSPS) is 16.1. The van der Waals surface area contributed by atoms with Gasteiger partial charge in [-0.05, 0) is 25.0 Å². The second-order valence-corrected chi connectivity index (χ2v) is 7.14. The topological polar surface area (TPSA) is 68.0 Å². The van der Waals surface area contributed by atoms with Crippen LogP contribution in [0.1, 0.15) is 25.7 Å². The van der Waals surface area contributed by atoms with Crippen molar-refractivity contribution in [2.45, 2.75) is 31.2 Å². The maximum Gasteiger partial charge on any atom is 0.246 e. The quantitative estimate of drug-likeness (QED) is 0.808. The van der Waals surface area contributed by atoms with Crippen LogP contribution in [0.4, 0.5) is 5.13 Å². The zero-order chi connectivity index (χ0) is 14.9. The Morgan fingerprint density at radius 2 is 1.91 bits per heavy atom. The van der Waals surface area contributed by atoms with Gasteiger partial charge in [-0.25, -0.2) is 4.98 Å². The predicted octanol–water partition coefficient (Wildman–Crippen LogP) is 4.20. The summed E-state index contributed by atoms with van der Waals surface area (Å²) in [5, 5.41) is 5.41. The number of aromatic nitrogens is 1. The van der Waals surface area contributed by atoms with E-state index in [2.05, 4.69) is 26.2 Å². The van der Waals surface area contributed by atoms with E-state index in [0.717, 1.165) is 41.4 Å². The molecule has 0 spiro atoms. The number of rotatable bonds is 3. The minimum absolute atomic E-state index is 0. The number of carbonyl (C=O) groups excluding carboxylic acids is 1. The van der Waals surface area contributed by atoms with E-state index < -0.39 is 5.54 Å². The lowest BCUT2D eigenvalue weighted by Gasteiger charge is -2.21. The van der Waals surface area contributed by atoms with Gasteiger partial charge in [0, 0.05) is 15.4 Å². The minimum atomic E-state index is -0.719. The third-order valence-corrected chi connectivity index (χ3v) is 5.10. The predicted molar refractivity (Wildman–Crippen MR) is 96.5 cm³/mol. The third-order valence-electron chi connectivity index (χ3n) is 3.81. The first-order valence-electron chi connectivity index (χ1n) is 6.89. The number of nitrogens with one attached hydrogen (secondary N) is 1. The summed E-state index contributed by atoms with van der Waals surface area (Å²) in [5.41, 5.74) is 7.31. The van der Waals surface area contributed by atoms with E-state index in [1.54, 1.807) is 0 Å². The Labute approximate surface area is 148 Å². The highest BCUT2D eigenvalue weighted by Crippen LogP contribution is 2.30. The van der Waals surface area contributed by atoms with Gasteiger partial charge in [-0.15, -0.1) is 23.7 Å². The van der Waals surface area contributed by atoms with Crippen LogP contribution >= 0.6 is 39.7 Å². The molecular formula is C15H17BrClN3OS. The highest BCUT2D eigenvalue weighted by Gasteiger charge is 2.37. The smallest absolute Gasteiger partial charge is 0.246 e. The number of benzene rings is 1. The van der Waals surface area contributed by atoms with Crippen molar-refractivity contribution in [2.24, 2.45) is 5.73 Å². The van der Waals surface area contributed by atoms with Crippen molar-refractivity contribution in [3.8, 4) is 11.3 Å². The molecule has 1 aliphatic rings. The van der Waals surface area contributed by atoms with Crippen molar-refractivity contribution in [1.29, 1.82) is 0 Å². The molecular weight excluding hydrogens is 386 g/mol. The number of carbonyl (C=O) groups is 1.